The third-order valence-corrected chi connectivity index (χ3v) is 4.93. The van der Waals surface area contributed by atoms with Crippen LogP contribution in [0.15, 0.2) is 33.6 Å². The van der Waals surface area contributed by atoms with Gasteiger partial charge in [0.1, 0.15) is 0 Å². The fraction of sp³-hybridized carbons (Fsp3) is 0.308. The molecule has 1 aromatic heterocycles. The number of anilines is 1. The van der Waals surface area contributed by atoms with Crippen molar-refractivity contribution in [2.24, 2.45) is 7.05 Å². The number of nitrogens with zero attached hydrogens (tertiary/aromatic N) is 3. The first-order valence-corrected chi connectivity index (χ1v) is 7.73. The van der Waals surface area contributed by atoms with E-state index in [0.717, 1.165) is 26.4 Å². The van der Waals surface area contributed by atoms with Gasteiger partial charge < -0.3 is 0 Å². The number of hydrogen-bond acceptors (Lipinski definition) is 2. The quantitative estimate of drug-likeness (QED) is 0.860. The van der Waals surface area contributed by atoms with Gasteiger partial charge in [-0.2, -0.15) is 5.10 Å². The molecule has 102 valence electrons. The molecule has 19 heavy (non-hydrogen) atoms. The molecule has 0 bridgehead atoms. The summed E-state index contributed by atoms with van der Waals surface area (Å²) in [6, 6.07) is 7.50. The summed E-state index contributed by atoms with van der Waals surface area (Å²) in [6.07, 6.45) is 0. The van der Waals surface area contributed by atoms with Crippen LogP contribution < -0.4 is 4.31 Å². The van der Waals surface area contributed by atoms with Crippen LogP contribution in [0.25, 0.3) is 0 Å². The minimum absolute atomic E-state index is 0.772. The maximum Gasteiger partial charge on any atom is 0.152 e. The van der Waals surface area contributed by atoms with Crippen molar-refractivity contribution in [1.29, 1.82) is 0 Å². The first kappa shape index (κ1) is 14.3. The van der Waals surface area contributed by atoms with Crippen LogP contribution in [-0.4, -0.2) is 21.0 Å². The van der Waals surface area contributed by atoms with Crippen LogP contribution in [0, 0.1) is 13.8 Å². The second kappa shape index (κ2) is 5.46. The zero-order chi connectivity index (χ0) is 14.2. The maximum atomic E-state index is 12.6. The Balaban J connectivity index is 2.36. The lowest BCUT2D eigenvalue weighted by Crippen LogP contribution is -2.21. The van der Waals surface area contributed by atoms with Gasteiger partial charge in [-0.1, -0.05) is 15.9 Å². The van der Waals surface area contributed by atoms with Crippen LogP contribution in [-0.2, 0) is 18.0 Å². The van der Waals surface area contributed by atoms with Gasteiger partial charge in [0.25, 0.3) is 0 Å². The molecule has 0 N–H and O–H groups in total. The van der Waals surface area contributed by atoms with E-state index in [0.29, 0.717) is 0 Å². The van der Waals surface area contributed by atoms with Crippen molar-refractivity contribution in [2.45, 2.75) is 18.7 Å². The molecular formula is C13H16BrN3OS. The molecule has 0 amide bonds. The summed E-state index contributed by atoms with van der Waals surface area (Å²) in [5.74, 6) is 0. The standard InChI is InChI=1S/C13H16BrN3OS/c1-9-13(10(2)16(3)15-9)17(4)19(18)12-7-5-11(14)6-8-12/h5-8H,1-4H3. The van der Waals surface area contributed by atoms with Crippen LogP contribution in [0.5, 0.6) is 0 Å². The van der Waals surface area contributed by atoms with Crippen molar-refractivity contribution >= 4 is 32.6 Å². The first-order chi connectivity index (χ1) is 8.91. The van der Waals surface area contributed by atoms with E-state index in [1.807, 2.05) is 52.2 Å². The average Bonchev–Trinajstić information content (AvgIpc) is 2.62. The smallest absolute Gasteiger partial charge is 0.152 e. The molecule has 0 fully saturated rings. The molecular weight excluding hydrogens is 326 g/mol. The van der Waals surface area contributed by atoms with Gasteiger partial charge in [-0.05, 0) is 38.1 Å². The molecule has 0 aliphatic rings. The van der Waals surface area contributed by atoms with Gasteiger partial charge in [0, 0.05) is 18.6 Å². The highest BCUT2D eigenvalue weighted by Crippen LogP contribution is 2.26. The number of aryl methyl sites for hydroxylation is 2. The number of hydrogen-bond donors (Lipinski definition) is 0. The van der Waals surface area contributed by atoms with Gasteiger partial charge in [0.15, 0.2) is 11.0 Å². The van der Waals surface area contributed by atoms with Crippen molar-refractivity contribution < 1.29 is 4.21 Å². The highest BCUT2D eigenvalue weighted by atomic mass is 79.9. The monoisotopic (exact) mass is 341 g/mol. The van der Waals surface area contributed by atoms with Crippen LogP contribution in [0.2, 0.25) is 0 Å². The van der Waals surface area contributed by atoms with Crippen LogP contribution in [0.4, 0.5) is 5.69 Å². The zero-order valence-corrected chi connectivity index (χ0v) is 13.7. The van der Waals surface area contributed by atoms with Crippen molar-refractivity contribution in [1.82, 2.24) is 9.78 Å². The zero-order valence-electron chi connectivity index (χ0n) is 11.3. The molecule has 0 radical (unpaired) electrons. The van der Waals surface area contributed by atoms with E-state index in [-0.39, 0.29) is 0 Å². The van der Waals surface area contributed by atoms with Crippen LogP contribution >= 0.6 is 15.9 Å². The van der Waals surface area contributed by atoms with E-state index in [1.54, 1.807) is 8.99 Å². The van der Waals surface area contributed by atoms with E-state index >= 15 is 0 Å². The van der Waals surface area contributed by atoms with Crippen molar-refractivity contribution in [3.05, 3.63) is 40.1 Å². The topological polar surface area (TPSA) is 38.1 Å². The molecule has 1 heterocycles. The minimum atomic E-state index is -1.24. The van der Waals surface area contributed by atoms with Gasteiger partial charge >= 0.3 is 0 Å². The predicted molar refractivity (Wildman–Crippen MR) is 81.6 cm³/mol. The Kier molecular flexibility index (Phi) is 4.10. The molecule has 2 rings (SSSR count). The molecule has 1 atom stereocenters. The third kappa shape index (κ3) is 2.74. The molecule has 4 nitrogen and oxygen atoms in total. The Morgan fingerprint density at radius 2 is 1.84 bits per heavy atom. The van der Waals surface area contributed by atoms with Crippen molar-refractivity contribution in [2.75, 3.05) is 11.4 Å². The molecule has 0 saturated heterocycles. The summed E-state index contributed by atoms with van der Waals surface area (Å²) in [6.45, 7) is 3.90. The highest BCUT2D eigenvalue weighted by Gasteiger charge is 2.19. The summed E-state index contributed by atoms with van der Waals surface area (Å²) in [5, 5.41) is 4.35. The fourth-order valence-electron chi connectivity index (χ4n) is 2.01. The molecule has 1 unspecified atom stereocenters. The second-order valence-corrected chi connectivity index (χ2v) is 6.78. The third-order valence-electron chi connectivity index (χ3n) is 3.05. The van der Waals surface area contributed by atoms with E-state index in [2.05, 4.69) is 21.0 Å². The molecule has 2 aromatic rings. The lowest BCUT2D eigenvalue weighted by Gasteiger charge is -2.18. The fourth-order valence-corrected chi connectivity index (χ4v) is 3.39. The Labute approximate surface area is 124 Å². The number of aromatic nitrogens is 2. The van der Waals surface area contributed by atoms with Gasteiger partial charge in [-0.15, -0.1) is 0 Å². The molecule has 0 saturated carbocycles. The Morgan fingerprint density at radius 3 is 2.32 bits per heavy atom. The van der Waals surface area contributed by atoms with Gasteiger partial charge in [-0.25, -0.2) is 4.21 Å². The van der Waals surface area contributed by atoms with Crippen molar-refractivity contribution in [3.63, 3.8) is 0 Å². The van der Waals surface area contributed by atoms with E-state index in [4.69, 9.17) is 0 Å². The highest BCUT2D eigenvalue weighted by molar-refractivity contribution is 9.10. The number of benzene rings is 1. The van der Waals surface area contributed by atoms with E-state index < -0.39 is 11.0 Å². The summed E-state index contributed by atoms with van der Waals surface area (Å²) in [4.78, 5) is 0.772. The van der Waals surface area contributed by atoms with Gasteiger partial charge in [-0.3, -0.25) is 8.99 Å². The normalized spacial score (nSPS) is 12.5. The lowest BCUT2D eigenvalue weighted by molar-refractivity contribution is 0.681. The SMILES string of the molecule is Cc1nn(C)c(C)c1N(C)S(=O)c1ccc(Br)cc1. The van der Waals surface area contributed by atoms with Gasteiger partial charge in [0.05, 0.1) is 22.0 Å². The Morgan fingerprint density at radius 1 is 1.26 bits per heavy atom. The number of rotatable bonds is 3. The van der Waals surface area contributed by atoms with E-state index in [1.165, 1.54) is 0 Å². The van der Waals surface area contributed by atoms with Crippen molar-refractivity contribution in [3.8, 4) is 0 Å². The van der Waals surface area contributed by atoms with E-state index in [9.17, 15) is 4.21 Å². The van der Waals surface area contributed by atoms with Crippen LogP contribution in [0.1, 0.15) is 11.4 Å². The Bertz CT molecular complexity index is 622. The van der Waals surface area contributed by atoms with Crippen LogP contribution in [0.3, 0.4) is 0 Å². The Hall–Kier alpha value is -1.14. The van der Waals surface area contributed by atoms with Gasteiger partial charge in [0.2, 0.25) is 0 Å². The predicted octanol–water partition coefficient (Wildman–Crippen LogP) is 2.96. The molecule has 0 aliphatic carbocycles. The number of halogens is 1. The summed E-state index contributed by atoms with van der Waals surface area (Å²) >= 11 is 3.38. The maximum absolute atomic E-state index is 12.6. The summed E-state index contributed by atoms with van der Waals surface area (Å²) in [7, 11) is 2.48. The second-order valence-electron chi connectivity index (χ2n) is 4.34. The lowest BCUT2D eigenvalue weighted by atomic mass is 10.3. The summed E-state index contributed by atoms with van der Waals surface area (Å²) in [5.41, 5.74) is 2.81. The molecule has 0 aliphatic heterocycles. The molecule has 6 heteroatoms. The molecule has 0 spiro atoms. The summed E-state index contributed by atoms with van der Waals surface area (Å²) < 4.78 is 17.1. The molecule has 1 aromatic carbocycles. The average molecular weight is 342 g/mol. The minimum Gasteiger partial charge on any atom is -0.287 e. The first-order valence-electron chi connectivity index (χ1n) is 5.83. The largest absolute Gasteiger partial charge is 0.287 e.